The normalized spacial score (nSPS) is 24.1. The number of hydrogen-bond donors (Lipinski definition) is 0. The van der Waals surface area contributed by atoms with E-state index in [0.29, 0.717) is 0 Å². The Morgan fingerprint density at radius 1 is 1.35 bits per heavy atom. The van der Waals surface area contributed by atoms with Crippen molar-refractivity contribution in [2.45, 2.75) is 44.0 Å². The fourth-order valence-corrected chi connectivity index (χ4v) is 2.58. The van der Waals surface area contributed by atoms with Crippen molar-refractivity contribution >= 4 is 5.91 Å². The van der Waals surface area contributed by atoms with E-state index < -0.39 is 18.3 Å². The Morgan fingerprint density at radius 3 is 2.41 bits per heavy atom. The molecule has 1 aliphatic heterocycles. The average molecular weight is 249 g/mol. The summed E-state index contributed by atoms with van der Waals surface area (Å²) in [5.41, 5.74) is -0.712. The fraction of sp³-hybridized carbons (Fsp3) is 0.909. The molecular weight excluding hydrogens is 232 g/mol. The Labute approximate surface area is 98.9 Å². The van der Waals surface area contributed by atoms with E-state index in [-0.39, 0.29) is 19.0 Å². The summed E-state index contributed by atoms with van der Waals surface area (Å²) in [7, 11) is 1.54. The van der Waals surface area contributed by atoms with Crippen molar-refractivity contribution in [3.05, 3.63) is 0 Å². The smallest absolute Gasteiger partial charge is 0.345 e. The second-order valence-corrected chi connectivity index (χ2v) is 4.63. The van der Waals surface area contributed by atoms with Crippen LogP contribution in [-0.4, -0.2) is 49.3 Å². The molecule has 0 radical (unpaired) electrons. The van der Waals surface area contributed by atoms with Gasteiger partial charge >= 0.3 is 6.61 Å². The predicted octanol–water partition coefficient (Wildman–Crippen LogP) is 1.40. The molecule has 2 fully saturated rings. The summed E-state index contributed by atoms with van der Waals surface area (Å²) >= 11 is 0. The molecule has 6 heteroatoms. The van der Waals surface area contributed by atoms with Crippen LogP contribution in [0.25, 0.3) is 0 Å². The van der Waals surface area contributed by atoms with Crippen LogP contribution in [0.2, 0.25) is 0 Å². The van der Waals surface area contributed by atoms with Gasteiger partial charge in [-0.25, -0.2) is 0 Å². The molecule has 1 saturated heterocycles. The molecule has 2 rings (SSSR count). The Hall–Kier alpha value is -0.750. The van der Waals surface area contributed by atoms with Gasteiger partial charge in [0.25, 0.3) is 5.91 Å². The number of alkyl halides is 2. The van der Waals surface area contributed by atoms with Crippen molar-refractivity contribution in [2.24, 2.45) is 0 Å². The number of halogens is 2. The van der Waals surface area contributed by atoms with Gasteiger partial charge < -0.3 is 14.4 Å². The van der Waals surface area contributed by atoms with E-state index in [1.165, 1.54) is 7.11 Å². The quantitative estimate of drug-likeness (QED) is 0.756. The molecule has 17 heavy (non-hydrogen) atoms. The number of likely N-dealkylation sites (tertiary alicyclic amines) is 1. The molecule has 0 aromatic carbocycles. The van der Waals surface area contributed by atoms with Crippen LogP contribution in [-0.2, 0) is 14.3 Å². The second-order valence-electron chi connectivity index (χ2n) is 4.63. The summed E-state index contributed by atoms with van der Waals surface area (Å²) < 4.78 is 33.5. The molecule has 0 bridgehead atoms. The standard InChI is InChI=1S/C11H17F2NO3/c1-16-11(4-2-3-5-11)9(15)14-6-8(7-14)17-10(12)13/h8,10H,2-7H2,1H3. The van der Waals surface area contributed by atoms with Crippen molar-refractivity contribution in [1.82, 2.24) is 4.90 Å². The number of hydrogen-bond acceptors (Lipinski definition) is 3. The van der Waals surface area contributed by atoms with E-state index >= 15 is 0 Å². The van der Waals surface area contributed by atoms with Crippen LogP contribution in [0.5, 0.6) is 0 Å². The molecule has 0 aromatic heterocycles. The van der Waals surface area contributed by atoms with E-state index in [2.05, 4.69) is 4.74 Å². The van der Waals surface area contributed by atoms with Crippen LogP contribution in [0, 0.1) is 0 Å². The van der Waals surface area contributed by atoms with Gasteiger partial charge in [-0.3, -0.25) is 4.79 Å². The lowest BCUT2D eigenvalue weighted by atomic mass is 9.97. The number of carbonyl (C=O) groups excluding carboxylic acids is 1. The highest BCUT2D eigenvalue weighted by molar-refractivity contribution is 5.86. The van der Waals surface area contributed by atoms with E-state index in [9.17, 15) is 13.6 Å². The third-order valence-corrected chi connectivity index (χ3v) is 3.62. The first-order chi connectivity index (χ1) is 8.07. The van der Waals surface area contributed by atoms with Crippen LogP contribution in [0.15, 0.2) is 0 Å². The van der Waals surface area contributed by atoms with E-state index in [1.807, 2.05) is 0 Å². The molecule has 0 N–H and O–H groups in total. The molecule has 1 aliphatic carbocycles. The maximum absolute atomic E-state index is 12.2. The number of methoxy groups -OCH3 is 1. The molecule has 0 aromatic rings. The summed E-state index contributed by atoms with van der Waals surface area (Å²) in [4.78, 5) is 13.7. The molecule has 1 amide bonds. The first-order valence-electron chi connectivity index (χ1n) is 5.85. The van der Waals surface area contributed by atoms with Gasteiger partial charge in [0.15, 0.2) is 0 Å². The summed E-state index contributed by atoms with van der Waals surface area (Å²) in [5.74, 6) is -0.0772. The monoisotopic (exact) mass is 249 g/mol. The van der Waals surface area contributed by atoms with Crippen LogP contribution in [0.3, 0.4) is 0 Å². The fourth-order valence-electron chi connectivity index (χ4n) is 2.58. The first-order valence-corrected chi connectivity index (χ1v) is 5.85. The van der Waals surface area contributed by atoms with Gasteiger partial charge in [-0.1, -0.05) is 0 Å². The molecule has 0 unspecified atom stereocenters. The number of ether oxygens (including phenoxy) is 2. The lowest BCUT2D eigenvalue weighted by Gasteiger charge is -2.42. The van der Waals surface area contributed by atoms with Gasteiger partial charge in [0.2, 0.25) is 0 Å². The number of nitrogens with zero attached hydrogens (tertiary/aromatic N) is 1. The molecule has 0 atom stereocenters. The minimum Gasteiger partial charge on any atom is -0.368 e. The zero-order chi connectivity index (χ0) is 12.5. The largest absolute Gasteiger partial charge is 0.368 e. The van der Waals surface area contributed by atoms with Gasteiger partial charge in [-0.05, 0) is 25.7 Å². The zero-order valence-corrected chi connectivity index (χ0v) is 9.83. The van der Waals surface area contributed by atoms with Crippen molar-refractivity contribution in [3.63, 3.8) is 0 Å². The van der Waals surface area contributed by atoms with Gasteiger partial charge in [-0.2, -0.15) is 8.78 Å². The van der Waals surface area contributed by atoms with Gasteiger partial charge in [0.05, 0.1) is 6.10 Å². The highest BCUT2D eigenvalue weighted by atomic mass is 19.3. The van der Waals surface area contributed by atoms with E-state index in [0.717, 1.165) is 25.7 Å². The highest BCUT2D eigenvalue weighted by Gasteiger charge is 2.47. The molecule has 98 valence electrons. The Kier molecular flexibility index (Phi) is 3.63. The second kappa shape index (κ2) is 4.86. The minimum absolute atomic E-state index is 0.0772. The van der Waals surface area contributed by atoms with Crippen LogP contribution < -0.4 is 0 Å². The van der Waals surface area contributed by atoms with Crippen molar-refractivity contribution in [3.8, 4) is 0 Å². The zero-order valence-electron chi connectivity index (χ0n) is 9.83. The maximum Gasteiger partial charge on any atom is 0.345 e. The summed E-state index contributed by atoms with van der Waals surface area (Å²) in [5, 5.41) is 0. The highest BCUT2D eigenvalue weighted by Crippen LogP contribution is 2.35. The third-order valence-electron chi connectivity index (χ3n) is 3.62. The summed E-state index contributed by atoms with van der Waals surface area (Å²) in [6.07, 6.45) is 2.86. The third kappa shape index (κ3) is 2.42. The SMILES string of the molecule is COC1(C(=O)N2CC(OC(F)F)C2)CCCC1. The molecule has 4 nitrogen and oxygen atoms in total. The van der Waals surface area contributed by atoms with Crippen molar-refractivity contribution in [2.75, 3.05) is 20.2 Å². The van der Waals surface area contributed by atoms with Crippen LogP contribution in [0.4, 0.5) is 8.78 Å². The molecule has 0 spiro atoms. The van der Waals surface area contributed by atoms with Gasteiger partial charge in [0, 0.05) is 20.2 Å². The Balaban J connectivity index is 1.86. The van der Waals surface area contributed by atoms with E-state index in [4.69, 9.17) is 4.74 Å². The van der Waals surface area contributed by atoms with Crippen molar-refractivity contribution < 1.29 is 23.0 Å². The van der Waals surface area contributed by atoms with Crippen LogP contribution in [0.1, 0.15) is 25.7 Å². The van der Waals surface area contributed by atoms with Gasteiger partial charge in [-0.15, -0.1) is 0 Å². The summed E-state index contributed by atoms with van der Waals surface area (Å²) in [6.45, 7) is -2.28. The first kappa shape index (κ1) is 12.7. The lowest BCUT2D eigenvalue weighted by molar-refractivity contribution is -0.205. The Morgan fingerprint density at radius 2 is 1.94 bits per heavy atom. The average Bonchev–Trinajstić information content (AvgIpc) is 2.71. The maximum atomic E-state index is 12.2. The topological polar surface area (TPSA) is 38.8 Å². The minimum atomic E-state index is -2.76. The molecular formula is C11H17F2NO3. The Bertz CT molecular complexity index is 286. The summed E-state index contributed by atoms with van der Waals surface area (Å²) in [6, 6.07) is 0. The van der Waals surface area contributed by atoms with Crippen LogP contribution >= 0.6 is 0 Å². The lowest BCUT2D eigenvalue weighted by Crippen LogP contribution is -2.61. The molecule has 1 saturated carbocycles. The number of rotatable bonds is 4. The molecule has 2 aliphatic rings. The van der Waals surface area contributed by atoms with Gasteiger partial charge in [0.1, 0.15) is 5.60 Å². The molecule has 1 heterocycles. The van der Waals surface area contributed by atoms with Crippen molar-refractivity contribution in [1.29, 1.82) is 0 Å². The predicted molar refractivity (Wildman–Crippen MR) is 55.7 cm³/mol. The number of carbonyl (C=O) groups is 1. The van der Waals surface area contributed by atoms with E-state index in [1.54, 1.807) is 4.90 Å². The number of amides is 1.